The number of unbranched alkanes of at least 4 members (excludes halogenated alkanes) is 1. The van der Waals surface area contributed by atoms with Crippen LogP contribution in [-0.2, 0) is 133 Å². The molecule has 0 aromatic rings. The highest BCUT2D eigenvalue weighted by Gasteiger charge is 2.59. The van der Waals surface area contributed by atoms with E-state index in [0.29, 0.717) is 12.8 Å². The number of hydrogen-bond acceptors (Lipinski definition) is 28. The van der Waals surface area contributed by atoms with Crippen LogP contribution in [0.3, 0.4) is 0 Å². The van der Waals surface area contributed by atoms with Gasteiger partial charge in [-0.15, -0.1) is 0 Å². The van der Waals surface area contributed by atoms with Crippen LogP contribution in [0.15, 0.2) is 0 Å². The van der Waals surface area contributed by atoms with Crippen molar-refractivity contribution >= 4 is 83.6 Å². The molecular formula is C87H153F7O28. The Morgan fingerprint density at radius 1 is 0.238 bits per heavy atom. The van der Waals surface area contributed by atoms with Crippen molar-refractivity contribution in [1.82, 2.24) is 0 Å². The van der Waals surface area contributed by atoms with Crippen LogP contribution in [0.1, 0.15) is 280 Å². The van der Waals surface area contributed by atoms with Gasteiger partial charge in [0, 0.05) is 5.41 Å². The van der Waals surface area contributed by atoms with E-state index >= 15 is 0 Å². The minimum Gasteiger partial charge on any atom is -0.465 e. The predicted molar refractivity (Wildman–Crippen MR) is 441 cm³/mol. The third-order valence-electron chi connectivity index (χ3n) is 19.6. The quantitative estimate of drug-likeness (QED) is 0.0236. The van der Waals surface area contributed by atoms with Crippen molar-refractivity contribution < 1.29 is 164 Å². The van der Waals surface area contributed by atoms with E-state index in [2.05, 4.69) is 25.9 Å². The second-order valence-electron chi connectivity index (χ2n) is 31.6. The summed E-state index contributed by atoms with van der Waals surface area (Å²) < 4.78 is 158. The fraction of sp³-hybridized carbons (Fsp3) is 0.839. The maximum Gasteiger partial charge on any atom is 0.395 e. The van der Waals surface area contributed by atoms with Crippen molar-refractivity contribution in [3.63, 3.8) is 0 Å². The number of hydrogen-bond donors (Lipinski definition) is 0. The molecule has 0 aliphatic rings. The fourth-order valence-electron chi connectivity index (χ4n) is 11.4. The number of esters is 14. The largest absolute Gasteiger partial charge is 0.465 e. The maximum atomic E-state index is 13.3. The highest BCUT2D eigenvalue weighted by atomic mass is 19.4. The molecule has 0 rings (SSSR count). The van der Waals surface area contributed by atoms with Gasteiger partial charge in [0.25, 0.3) is 0 Å². The molecule has 1 atom stereocenters. The zero-order valence-corrected chi connectivity index (χ0v) is 79.4. The summed E-state index contributed by atoms with van der Waals surface area (Å²) in [6.45, 7) is 56.8. The molecule has 0 aromatic heterocycles. The van der Waals surface area contributed by atoms with E-state index in [1.165, 1.54) is 34.6 Å². The first kappa shape index (κ1) is 127. The number of halogens is 7. The van der Waals surface area contributed by atoms with E-state index in [1.807, 2.05) is 83.1 Å². The van der Waals surface area contributed by atoms with Gasteiger partial charge in [-0.1, -0.05) is 143 Å². The highest BCUT2D eigenvalue weighted by Crippen LogP contribution is 2.46. The van der Waals surface area contributed by atoms with Gasteiger partial charge in [-0.2, -0.15) is 13.2 Å². The van der Waals surface area contributed by atoms with Gasteiger partial charge < -0.3 is 66.3 Å². The highest BCUT2D eigenvalue weighted by molar-refractivity contribution is 5.99. The molecule has 0 saturated carbocycles. The summed E-state index contributed by atoms with van der Waals surface area (Å²) in [5, 5.41) is 0. The van der Waals surface area contributed by atoms with Crippen LogP contribution < -0.4 is 0 Å². The number of rotatable bonds is 46. The number of carbonyl (C=O) groups excluding carboxylic acids is 14. The Morgan fingerprint density at radius 3 is 0.615 bits per heavy atom. The van der Waals surface area contributed by atoms with Gasteiger partial charge >= 0.3 is 89.7 Å². The Bertz CT molecular complexity index is 2870. The average molecular weight is 1780 g/mol. The topological polar surface area (TPSA) is 368 Å². The Kier molecular flexibility index (Phi) is 67.6. The molecule has 0 bridgehead atoms. The van der Waals surface area contributed by atoms with Crippen LogP contribution in [0.4, 0.5) is 30.7 Å². The van der Waals surface area contributed by atoms with Gasteiger partial charge in [0.1, 0.15) is 0 Å². The summed E-state index contributed by atoms with van der Waals surface area (Å²) in [5.74, 6) is -18.6. The molecule has 0 saturated heterocycles. The van der Waals surface area contributed by atoms with E-state index in [0.717, 1.165) is 59.8 Å². The van der Waals surface area contributed by atoms with Crippen LogP contribution >= 0.6 is 0 Å². The van der Waals surface area contributed by atoms with Crippen molar-refractivity contribution in [2.75, 3.05) is 92.5 Å². The molecule has 0 amide bonds. The smallest absolute Gasteiger partial charge is 0.395 e. The van der Waals surface area contributed by atoms with E-state index < -0.39 is 182 Å². The number of alkyl halides is 7. The molecule has 122 heavy (non-hydrogen) atoms. The summed E-state index contributed by atoms with van der Waals surface area (Å²) in [5.41, 5.74) is -7.95. The Hall–Kier alpha value is -7.91. The van der Waals surface area contributed by atoms with Crippen LogP contribution in [0.25, 0.3) is 0 Å². The Labute approximate surface area is 721 Å². The van der Waals surface area contributed by atoms with Gasteiger partial charge in [0.15, 0.2) is 41.4 Å². The molecule has 0 radical (unpaired) electrons. The fourth-order valence-corrected chi connectivity index (χ4v) is 11.4. The van der Waals surface area contributed by atoms with Gasteiger partial charge in [-0.05, 0) is 164 Å². The summed E-state index contributed by atoms with van der Waals surface area (Å²) in [6.07, 6.45) is -4.73. The third-order valence-corrected chi connectivity index (χ3v) is 19.6. The molecule has 1 unspecified atom stereocenters. The average Bonchev–Trinajstić information content (AvgIpc) is 0.805. The standard InChI is InChI=1S/C14H26O4.C13H22F2O4.2C13H24O4.C12H22O4.C11H17F3O4.C11H18F2O4/c1-6-9-10-14(4,5)11(12(15)17-7-2)13(16)18-8-3;1-5-8-13(4,12(14)15)9(10(16)18-6-2)11(17)19-7-3;1-7-16-11(14)10(12(15)17-8-2)13(5,6)9(3)4;1-6-9-13(4,5)10(11(14)16-7-2)12(15)17-8-3;1-6-12(4,5)9(10(13)15-7-2)11(14)16-8-3;1-5-17-8(15)7(9(16)18-6-2)10(3,4)11(12,13)14;1-5-16-8(14)7(9(15)17-6-2)11(3,4)10(12)13/h11H,6-10H2,1-5H3;9,12H,5-8H2,1-4H3;9-10H,7-8H2,1-6H3;10H,6-9H2,1-5H3;9H,6-8H2,1-5H3;7H,5-6H2,1-4H3;7,10H,5-6H2,1-4H3. The lowest BCUT2D eigenvalue weighted by Crippen LogP contribution is -2.48. The summed E-state index contributed by atoms with van der Waals surface area (Å²) in [7, 11) is 0. The second-order valence-corrected chi connectivity index (χ2v) is 31.6. The molecule has 0 fully saturated rings. The van der Waals surface area contributed by atoms with Gasteiger partial charge in [-0.3, -0.25) is 67.1 Å². The number of carbonyl (C=O) groups is 14. The Morgan fingerprint density at radius 2 is 0.434 bits per heavy atom. The molecular weight excluding hydrogens is 1630 g/mol. The lowest BCUT2D eigenvalue weighted by molar-refractivity contribution is -0.236. The minimum atomic E-state index is -4.73. The normalized spacial score (nSPS) is 12.1. The lowest BCUT2D eigenvalue weighted by atomic mass is 9.70. The van der Waals surface area contributed by atoms with Gasteiger partial charge in [0.05, 0.1) is 103 Å². The first-order valence-corrected chi connectivity index (χ1v) is 42.2. The molecule has 0 heterocycles. The summed E-state index contributed by atoms with van der Waals surface area (Å²) in [6, 6.07) is 0. The maximum absolute atomic E-state index is 13.3. The molecule has 28 nitrogen and oxygen atoms in total. The van der Waals surface area contributed by atoms with Crippen molar-refractivity contribution in [2.45, 2.75) is 299 Å². The molecule has 0 spiro atoms. The van der Waals surface area contributed by atoms with E-state index in [1.54, 1.807) is 76.2 Å². The molecule has 718 valence electrons. The minimum absolute atomic E-state index is 0.0219. The lowest BCUT2D eigenvalue weighted by Gasteiger charge is -2.34. The van der Waals surface area contributed by atoms with Crippen molar-refractivity contribution in [3.05, 3.63) is 0 Å². The summed E-state index contributed by atoms with van der Waals surface area (Å²) >= 11 is 0. The monoisotopic (exact) mass is 1780 g/mol. The molecule has 0 N–H and O–H groups in total. The van der Waals surface area contributed by atoms with Crippen molar-refractivity contribution in [2.24, 2.45) is 85.2 Å². The third kappa shape index (κ3) is 45.1. The van der Waals surface area contributed by atoms with E-state index in [9.17, 15) is 97.9 Å². The van der Waals surface area contributed by atoms with Crippen LogP contribution in [0.5, 0.6) is 0 Å². The van der Waals surface area contributed by atoms with Crippen molar-refractivity contribution in [3.8, 4) is 0 Å². The first-order chi connectivity index (χ1) is 56.2. The Balaban J connectivity index is -0.000000253. The van der Waals surface area contributed by atoms with Gasteiger partial charge in [-0.25, -0.2) is 17.6 Å². The van der Waals surface area contributed by atoms with E-state index in [4.69, 9.17) is 47.4 Å². The predicted octanol–water partition coefficient (Wildman–Crippen LogP) is 17.2. The second kappa shape index (κ2) is 64.8. The van der Waals surface area contributed by atoms with E-state index in [-0.39, 0.29) is 105 Å². The molecule has 0 aromatic carbocycles. The van der Waals surface area contributed by atoms with Gasteiger partial charge in [0.2, 0.25) is 12.9 Å². The number of ether oxygens (including phenoxy) is 14. The molecule has 0 aliphatic carbocycles. The SMILES string of the molecule is CCCC(C)(C(F)F)C(C(=O)OCC)C(=O)OCC.CCCC(C)(C)C(C(=O)OCC)C(=O)OCC.CCCCC(C)(C)C(C(=O)OCC)C(=O)OCC.CCOC(=O)C(C(=O)OCC)C(C)(C)C(C)C.CCOC(=O)C(C(=O)OCC)C(C)(C)C(F)(F)F.CCOC(=O)C(C(=O)OCC)C(C)(C)C(F)F.CCOC(=O)C(C(=O)OCC)C(C)(C)CC. The van der Waals surface area contributed by atoms with Crippen LogP contribution in [0, 0.1) is 85.2 Å². The molecule has 35 heteroatoms. The van der Waals surface area contributed by atoms with Crippen molar-refractivity contribution in [1.29, 1.82) is 0 Å². The van der Waals surface area contributed by atoms with Crippen LogP contribution in [-0.4, -0.2) is 195 Å². The summed E-state index contributed by atoms with van der Waals surface area (Å²) in [4.78, 5) is 165. The zero-order valence-electron chi connectivity index (χ0n) is 79.4. The first-order valence-electron chi connectivity index (χ1n) is 42.2. The molecule has 0 aliphatic heterocycles. The zero-order chi connectivity index (χ0) is 97.3. The van der Waals surface area contributed by atoms with Crippen LogP contribution in [0.2, 0.25) is 0 Å².